The highest BCUT2D eigenvalue weighted by molar-refractivity contribution is 7.09. The van der Waals surface area contributed by atoms with Crippen LogP contribution in [0.3, 0.4) is 0 Å². The van der Waals surface area contributed by atoms with Gasteiger partial charge in [-0.05, 0) is 26.3 Å². The van der Waals surface area contributed by atoms with Crippen molar-refractivity contribution in [3.8, 4) is 0 Å². The minimum absolute atomic E-state index is 0.00752. The van der Waals surface area contributed by atoms with Gasteiger partial charge in [0.05, 0.1) is 0 Å². The van der Waals surface area contributed by atoms with Gasteiger partial charge in [0.25, 0.3) is 0 Å². The number of nitrogens with one attached hydrogen (secondary N) is 1. The van der Waals surface area contributed by atoms with E-state index in [1.165, 1.54) is 11.3 Å². The molecule has 0 saturated carbocycles. The first kappa shape index (κ1) is 14.9. The van der Waals surface area contributed by atoms with Crippen LogP contribution >= 0.6 is 11.3 Å². The molecular formula is C12H21N3O2S. The Balaban J connectivity index is 2.45. The fraction of sp³-hybridized carbons (Fsp3) is 0.667. The van der Waals surface area contributed by atoms with E-state index in [-0.39, 0.29) is 16.7 Å². The molecule has 102 valence electrons. The lowest BCUT2D eigenvalue weighted by Crippen LogP contribution is -2.32. The number of hydrogen-bond acceptors (Lipinski definition) is 4. The molecule has 0 bridgehead atoms. The number of hydrogen-bond donors (Lipinski definition) is 2. The van der Waals surface area contributed by atoms with Crippen molar-refractivity contribution in [3.05, 3.63) is 20.2 Å². The lowest BCUT2D eigenvalue weighted by Gasteiger charge is -2.10. The molecule has 0 aliphatic heterocycles. The Labute approximate surface area is 111 Å². The van der Waals surface area contributed by atoms with Gasteiger partial charge in [-0.25, -0.2) is 0 Å². The smallest absolute Gasteiger partial charge is 0.307 e. The van der Waals surface area contributed by atoms with Gasteiger partial charge in [0.2, 0.25) is 5.91 Å². The van der Waals surface area contributed by atoms with Gasteiger partial charge in [-0.2, -0.15) is 0 Å². The molecule has 1 atom stereocenters. The molecule has 0 radical (unpaired) electrons. The van der Waals surface area contributed by atoms with Crippen molar-refractivity contribution in [3.63, 3.8) is 0 Å². The summed E-state index contributed by atoms with van der Waals surface area (Å²) in [5.41, 5.74) is 6.42. The van der Waals surface area contributed by atoms with Crippen molar-refractivity contribution >= 4 is 17.2 Å². The summed E-state index contributed by atoms with van der Waals surface area (Å²) >= 11 is 1.23. The van der Waals surface area contributed by atoms with E-state index in [1.54, 1.807) is 4.57 Å². The summed E-state index contributed by atoms with van der Waals surface area (Å²) in [5.74, 6) is 0.243. The Morgan fingerprint density at radius 1 is 1.50 bits per heavy atom. The third-order valence-electron chi connectivity index (χ3n) is 2.99. The second-order valence-electron chi connectivity index (χ2n) is 4.56. The molecule has 0 aliphatic rings. The zero-order chi connectivity index (χ0) is 13.7. The molecule has 5 nitrogen and oxygen atoms in total. The summed E-state index contributed by atoms with van der Waals surface area (Å²) < 4.78 is 1.66. The van der Waals surface area contributed by atoms with Gasteiger partial charge in [0.15, 0.2) is 0 Å². The largest absolute Gasteiger partial charge is 0.356 e. The van der Waals surface area contributed by atoms with Gasteiger partial charge in [0.1, 0.15) is 0 Å². The predicted molar refractivity (Wildman–Crippen MR) is 73.9 cm³/mol. The predicted octanol–water partition coefficient (Wildman–Crippen LogP) is 0.628. The van der Waals surface area contributed by atoms with Crippen molar-refractivity contribution in [2.24, 2.45) is 11.7 Å². The van der Waals surface area contributed by atoms with Gasteiger partial charge < -0.3 is 15.6 Å². The maximum absolute atomic E-state index is 11.6. The number of amides is 1. The Kier molecular flexibility index (Phi) is 5.55. The summed E-state index contributed by atoms with van der Waals surface area (Å²) in [5, 5.41) is 2.82. The SMILES string of the molecule is Cc1sc(=O)n(CCC(=O)NCC(C)CN)c1C. The van der Waals surface area contributed by atoms with E-state index in [2.05, 4.69) is 5.32 Å². The van der Waals surface area contributed by atoms with Crippen LogP contribution in [0.15, 0.2) is 4.79 Å². The molecule has 0 aromatic carbocycles. The van der Waals surface area contributed by atoms with E-state index >= 15 is 0 Å². The zero-order valence-electron chi connectivity index (χ0n) is 11.2. The first-order chi connectivity index (χ1) is 8.45. The van der Waals surface area contributed by atoms with Gasteiger partial charge in [-0.1, -0.05) is 18.3 Å². The Morgan fingerprint density at radius 3 is 2.67 bits per heavy atom. The standard InChI is InChI=1S/C12H21N3O2S/c1-8(6-13)7-14-11(16)4-5-15-9(2)10(3)18-12(15)17/h8H,4-7,13H2,1-3H3,(H,14,16). The van der Waals surface area contributed by atoms with Crippen molar-refractivity contribution in [2.45, 2.75) is 33.7 Å². The van der Waals surface area contributed by atoms with Crippen molar-refractivity contribution in [2.75, 3.05) is 13.1 Å². The summed E-state index contributed by atoms with van der Waals surface area (Å²) in [6.07, 6.45) is 0.328. The summed E-state index contributed by atoms with van der Waals surface area (Å²) in [6.45, 7) is 7.39. The first-order valence-electron chi connectivity index (χ1n) is 6.09. The van der Waals surface area contributed by atoms with Crippen LogP contribution in [-0.4, -0.2) is 23.6 Å². The first-order valence-corrected chi connectivity index (χ1v) is 6.91. The normalized spacial score (nSPS) is 12.4. The summed E-state index contributed by atoms with van der Waals surface area (Å²) in [6, 6.07) is 0. The number of carbonyl (C=O) groups is 1. The second-order valence-corrected chi connectivity index (χ2v) is 5.72. The van der Waals surface area contributed by atoms with Gasteiger partial charge in [-0.3, -0.25) is 9.59 Å². The number of rotatable bonds is 6. The molecule has 6 heteroatoms. The second kappa shape index (κ2) is 6.70. The number of carbonyl (C=O) groups excluding carboxylic acids is 1. The van der Waals surface area contributed by atoms with E-state index in [0.29, 0.717) is 26.1 Å². The Hall–Kier alpha value is -1.14. The maximum Gasteiger partial charge on any atom is 0.307 e. The van der Waals surface area contributed by atoms with Crippen LogP contribution in [0.2, 0.25) is 0 Å². The highest BCUT2D eigenvalue weighted by Gasteiger charge is 2.09. The zero-order valence-corrected chi connectivity index (χ0v) is 12.0. The number of nitrogens with two attached hydrogens (primary N) is 1. The fourth-order valence-corrected chi connectivity index (χ4v) is 2.38. The molecule has 1 aromatic heterocycles. The maximum atomic E-state index is 11.6. The van der Waals surface area contributed by atoms with E-state index in [4.69, 9.17) is 5.73 Å². The van der Waals surface area contributed by atoms with Crippen molar-refractivity contribution < 1.29 is 4.79 Å². The van der Waals surface area contributed by atoms with Crippen LogP contribution in [0.1, 0.15) is 23.9 Å². The van der Waals surface area contributed by atoms with Gasteiger partial charge in [-0.15, -0.1) is 0 Å². The van der Waals surface area contributed by atoms with Crippen molar-refractivity contribution in [1.82, 2.24) is 9.88 Å². The lowest BCUT2D eigenvalue weighted by molar-refractivity contribution is -0.121. The molecule has 3 N–H and O–H groups in total. The molecule has 0 spiro atoms. The molecule has 18 heavy (non-hydrogen) atoms. The van der Waals surface area contributed by atoms with Crippen molar-refractivity contribution in [1.29, 1.82) is 0 Å². The van der Waals surface area contributed by atoms with E-state index in [0.717, 1.165) is 10.6 Å². The number of nitrogens with zero attached hydrogens (tertiary/aromatic N) is 1. The topological polar surface area (TPSA) is 77.1 Å². The average Bonchev–Trinajstić information content (AvgIpc) is 2.58. The van der Waals surface area contributed by atoms with E-state index < -0.39 is 0 Å². The van der Waals surface area contributed by atoms with Crippen LogP contribution in [0.5, 0.6) is 0 Å². The highest BCUT2D eigenvalue weighted by Crippen LogP contribution is 2.09. The minimum atomic E-state index is -0.0366. The third-order valence-corrected chi connectivity index (χ3v) is 3.98. The molecular weight excluding hydrogens is 250 g/mol. The molecule has 1 heterocycles. The molecule has 1 aromatic rings. The molecule has 1 amide bonds. The molecule has 0 aliphatic carbocycles. The summed E-state index contributed by atoms with van der Waals surface area (Å²) in [7, 11) is 0. The summed E-state index contributed by atoms with van der Waals surface area (Å²) in [4.78, 5) is 24.2. The van der Waals surface area contributed by atoms with Crippen LogP contribution in [0.25, 0.3) is 0 Å². The third kappa shape index (κ3) is 3.96. The molecule has 1 unspecified atom stereocenters. The molecule has 0 saturated heterocycles. The molecule has 1 rings (SSSR count). The number of thiazole rings is 1. The van der Waals surface area contributed by atoms with Crippen LogP contribution < -0.4 is 15.9 Å². The lowest BCUT2D eigenvalue weighted by atomic mass is 10.2. The highest BCUT2D eigenvalue weighted by atomic mass is 32.1. The average molecular weight is 271 g/mol. The van der Waals surface area contributed by atoms with Crippen LogP contribution in [0, 0.1) is 19.8 Å². The minimum Gasteiger partial charge on any atom is -0.356 e. The number of aromatic nitrogens is 1. The quantitative estimate of drug-likeness (QED) is 0.796. The number of aryl methyl sites for hydroxylation is 1. The Bertz CT molecular complexity index is 464. The van der Waals surface area contributed by atoms with Crippen LogP contribution in [-0.2, 0) is 11.3 Å². The van der Waals surface area contributed by atoms with Gasteiger partial charge >= 0.3 is 4.87 Å². The monoisotopic (exact) mass is 271 g/mol. The van der Waals surface area contributed by atoms with E-state index in [1.807, 2.05) is 20.8 Å². The van der Waals surface area contributed by atoms with E-state index in [9.17, 15) is 9.59 Å². The fourth-order valence-electron chi connectivity index (χ4n) is 1.52. The molecule has 0 fully saturated rings. The van der Waals surface area contributed by atoms with Crippen LogP contribution in [0.4, 0.5) is 0 Å². The Morgan fingerprint density at radius 2 is 2.17 bits per heavy atom. The van der Waals surface area contributed by atoms with Gasteiger partial charge in [0, 0.05) is 30.1 Å².